The Balaban J connectivity index is 2.21. The molecule has 1 atom stereocenters. The van der Waals surface area contributed by atoms with E-state index in [1.807, 2.05) is 13.0 Å². The first-order valence-corrected chi connectivity index (χ1v) is 6.91. The first-order valence-electron chi connectivity index (χ1n) is 6.91. The molecule has 0 saturated carbocycles. The molecule has 0 radical (unpaired) electrons. The van der Waals surface area contributed by atoms with E-state index < -0.39 is 0 Å². The maximum Gasteiger partial charge on any atom is 0.333 e. The van der Waals surface area contributed by atoms with Crippen LogP contribution in [0.3, 0.4) is 0 Å². The van der Waals surface area contributed by atoms with E-state index in [0.29, 0.717) is 0 Å². The average molecular weight is 254 g/mol. The van der Waals surface area contributed by atoms with Gasteiger partial charge in [-0.3, -0.25) is 0 Å². The maximum absolute atomic E-state index is 11.4. The summed E-state index contributed by atoms with van der Waals surface area (Å²) in [5, 5.41) is 3.40. The zero-order valence-corrected chi connectivity index (χ0v) is 11.9. The summed E-state index contributed by atoms with van der Waals surface area (Å²) in [6.45, 7) is 9.54. The van der Waals surface area contributed by atoms with Crippen LogP contribution in [0, 0.1) is 5.92 Å². The third-order valence-electron chi connectivity index (χ3n) is 3.57. The van der Waals surface area contributed by atoms with Crippen molar-refractivity contribution in [3.63, 3.8) is 0 Å². The molecule has 0 spiro atoms. The summed E-state index contributed by atoms with van der Waals surface area (Å²) in [4.78, 5) is 13.8. The molecule has 0 bridgehead atoms. The molecule has 1 saturated heterocycles. The Kier molecular flexibility index (Phi) is 6.98. The van der Waals surface area contributed by atoms with Crippen molar-refractivity contribution in [1.82, 2.24) is 10.2 Å². The Morgan fingerprint density at radius 1 is 1.50 bits per heavy atom. The Morgan fingerprint density at radius 2 is 2.28 bits per heavy atom. The number of nitrogens with one attached hydrogen (secondary N) is 1. The van der Waals surface area contributed by atoms with Crippen LogP contribution in [-0.4, -0.2) is 50.7 Å². The van der Waals surface area contributed by atoms with Gasteiger partial charge in [0.05, 0.1) is 7.11 Å². The van der Waals surface area contributed by atoms with Crippen LogP contribution in [0.15, 0.2) is 11.6 Å². The van der Waals surface area contributed by atoms with Crippen LogP contribution < -0.4 is 5.32 Å². The molecular formula is C14H26N2O2. The first-order chi connectivity index (χ1) is 8.71. The predicted octanol–water partition coefficient (Wildman–Crippen LogP) is 1.43. The lowest BCUT2D eigenvalue weighted by Gasteiger charge is -2.13. The van der Waals surface area contributed by atoms with E-state index >= 15 is 0 Å². The zero-order valence-electron chi connectivity index (χ0n) is 11.9. The lowest BCUT2D eigenvalue weighted by atomic mass is 10.1. The highest BCUT2D eigenvalue weighted by molar-refractivity contribution is 5.88. The molecule has 1 aliphatic rings. The van der Waals surface area contributed by atoms with Crippen molar-refractivity contribution >= 4 is 5.97 Å². The smallest absolute Gasteiger partial charge is 0.333 e. The second kappa shape index (κ2) is 8.27. The van der Waals surface area contributed by atoms with E-state index in [-0.39, 0.29) is 5.97 Å². The molecule has 0 aliphatic carbocycles. The van der Waals surface area contributed by atoms with Gasteiger partial charge < -0.3 is 15.0 Å². The summed E-state index contributed by atoms with van der Waals surface area (Å²) in [6, 6.07) is 0. The van der Waals surface area contributed by atoms with Crippen LogP contribution in [0.5, 0.6) is 0 Å². The highest BCUT2D eigenvalue weighted by Gasteiger charge is 2.20. The van der Waals surface area contributed by atoms with Crippen LogP contribution >= 0.6 is 0 Å². The Bertz CT molecular complexity index is 290. The van der Waals surface area contributed by atoms with Gasteiger partial charge in [-0.05, 0) is 38.4 Å². The van der Waals surface area contributed by atoms with Crippen LogP contribution in [0.2, 0.25) is 0 Å². The number of esters is 1. The number of hydrogen-bond donors (Lipinski definition) is 1. The highest BCUT2D eigenvalue weighted by atomic mass is 16.5. The second-order valence-electron chi connectivity index (χ2n) is 4.78. The molecule has 0 aromatic carbocycles. The summed E-state index contributed by atoms with van der Waals surface area (Å²) < 4.78 is 4.72. The zero-order chi connectivity index (χ0) is 13.4. The number of methoxy groups -OCH3 is 1. The third kappa shape index (κ3) is 4.78. The molecule has 4 heteroatoms. The molecule has 104 valence electrons. The number of carbonyl (C=O) groups excluding carboxylic acids is 1. The summed E-state index contributed by atoms with van der Waals surface area (Å²) in [6.07, 6.45) is 3.95. The number of likely N-dealkylation sites (tertiary alicyclic amines) is 1. The lowest BCUT2D eigenvalue weighted by Crippen LogP contribution is -2.26. The number of ether oxygens (including phenoxy) is 1. The van der Waals surface area contributed by atoms with Crippen molar-refractivity contribution in [3.8, 4) is 0 Å². The molecule has 1 fully saturated rings. The van der Waals surface area contributed by atoms with Crippen molar-refractivity contribution < 1.29 is 9.53 Å². The lowest BCUT2D eigenvalue weighted by molar-refractivity contribution is -0.136. The molecule has 1 unspecified atom stereocenters. The topological polar surface area (TPSA) is 41.6 Å². The van der Waals surface area contributed by atoms with Gasteiger partial charge in [0.15, 0.2) is 0 Å². The molecule has 1 rings (SSSR count). The maximum atomic E-state index is 11.4. The van der Waals surface area contributed by atoms with Crippen LogP contribution in [0.4, 0.5) is 0 Å². The molecule has 4 nitrogen and oxygen atoms in total. The number of carbonyl (C=O) groups is 1. The van der Waals surface area contributed by atoms with E-state index in [0.717, 1.165) is 37.5 Å². The van der Waals surface area contributed by atoms with Crippen molar-refractivity contribution in [2.24, 2.45) is 5.92 Å². The molecule has 1 N–H and O–H groups in total. The summed E-state index contributed by atoms with van der Waals surface area (Å²) >= 11 is 0. The van der Waals surface area contributed by atoms with Gasteiger partial charge in [0, 0.05) is 18.7 Å². The Morgan fingerprint density at radius 3 is 2.83 bits per heavy atom. The normalized spacial score (nSPS) is 21.3. The number of nitrogens with zero attached hydrogens (tertiary/aromatic N) is 1. The average Bonchev–Trinajstić information content (AvgIpc) is 2.86. The van der Waals surface area contributed by atoms with Crippen molar-refractivity contribution in [3.05, 3.63) is 11.6 Å². The van der Waals surface area contributed by atoms with E-state index in [1.165, 1.54) is 26.6 Å². The van der Waals surface area contributed by atoms with Gasteiger partial charge in [-0.2, -0.15) is 0 Å². The minimum absolute atomic E-state index is 0.211. The highest BCUT2D eigenvalue weighted by Crippen LogP contribution is 2.14. The fourth-order valence-electron chi connectivity index (χ4n) is 2.35. The van der Waals surface area contributed by atoms with Gasteiger partial charge in [-0.15, -0.1) is 0 Å². The van der Waals surface area contributed by atoms with E-state index in [9.17, 15) is 4.79 Å². The SMILES string of the molecule is CC/C(=C/CNCC1CCN(CC)C1)C(=O)OC. The summed E-state index contributed by atoms with van der Waals surface area (Å²) in [7, 11) is 1.43. The van der Waals surface area contributed by atoms with Crippen LogP contribution in [-0.2, 0) is 9.53 Å². The Labute approximate surface area is 110 Å². The number of hydrogen-bond acceptors (Lipinski definition) is 4. The molecule has 0 aromatic heterocycles. The van der Waals surface area contributed by atoms with Gasteiger partial charge in [0.2, 0.25) is 0 Å². The first kappa shape index (κ1) is 15.2. The van der Waals surface area contributed by atoms with E-state index in [4.69, 9.17) is 4.74 Å². The molecule has 0 aromatic rings. The monoisotopic (exact) mass is 254 g/mol. The Hall–Kier alpha value is -0.870. The van der Waals surface area contributed by atoms with Gasteiger partial charge in [-0.25, -0.2) is 4.79 Å². The molecule has 1 aliphatic heterocycles. The van der Waals surface area contributed by atoms with Gasteiger partial charge in [0.25, 0.3) is 0 Å². The van der Waals surface area contributed by atoms with Gasteiger partial charge in [0.1, 0.15) is 0 Å². The molecule has 18 heavy (non-hydrogen) atoms. The van der Waals surface area contributed by atoms with Crippen LogP contribution in [0.1, 0.15) is 26.7 Å². The molecule has 0 amide bonds. The second-order valence-corrected chi connectivity index (χ2v) is 4.78. The largest absolute Gasteiger partial charge is 0.466 e. The van der Waals surface area contributed by atoms with Crippen molar-refractivity contribution in [2.75, 3.05) is 39.8 Å². The number of rotatable bonds is 7. The van der Waals surface area contributed by atoms with Crippen LogP contribution in [0.25, 0.3) is 0 Å². The minimum Gasteiger partial charge on any atom is -0.466 e. The van der Waals surface area contributed by atoms with Crippen molar-refractivity contribution in [2.45, 2.75) is 26.7 Å². The van der Waals surface area contributed by atoms with E-state index in [1.54, 1.807) is 0 Å². The fraction of sp³-hybridized carbons (Fsp3) is 0.786. The molecule has 1 heterocycles. The minimum atomic E-state index is -0.211. The van der Waals surface area contributed by atoms with Gasteiger partial charge in [-0.1, -0.05) is 19.9 Å². The molecular weight excluding hydrogens is 228 g/mol. The summed E-state index contributed by atoms with van der Waals surface area (Å²) in [5.41, 5.74) is 0.756. The van der Waals surface area contributed by atoms with Gasteiger partial charge >= 0.3 is 5.97 Å². The summed E-state index contributed by atoms with van der Waals surface area (Å²) in [5.74, 6) is 0.541. The standard InChI is InChI=1S/C14H26N2O2/c1-4-13(14(17)18-3)6-8-15-10-12-7-9-16(5-2)11-12/h6,12,15H,4-5,7-11H2,1-3H3/b13-6-. The quantitative estimate of drug-likeness (QED) is 0.424. The third-order valence-corrected chi connectivity index (χ3v) is 3.57. The van der Waals surface area contributed by atoms with Crippen molar-refractivity contribution in [1.29, 1.82) is 0 Å². The fourth-order valence-corrected chi connectivity index (χ4v) is 2.35. The van der Waals surface area contributed by atoms with E-state index in [2.05, 4.69) is 17.1 Å². The predicted molar refractivity (Wildman–Crippen MR) is 73.5 cm³/mol.